The first-order valence-corrected chi connectivity index (χ1v) is 8.43. The third-order valence-corrected chi connectivity index (χ3v) is 8.57. The van der Waals surface area contributed by atoms with Crippen LogP contribution < -0.4 is 0 Å². The second-order valence-corrected chi connectivity index (χ2v) is 9.83. The van der Waals surface area contributed by atoms with Crippen molar-refractivity contribution >= 4 is 10.0 Å². The Kier molecular flexibility index (Phi) is 2.97. The van der Waals surface area contributed by atoms with E-state index in [1.54, 1.807) is 5.75 Å². The lowest BCUT2D eigenvalue weighted by atomic mass is 10.1. The Hall–Kier alpha value is 0.0900. The van der Waals surface area contributed by atoms with E-state index in [-0.39, 0.29) is 10.0 Å². The molecule has 1 heterocycles. The van der Waals surface area contributed by atoms with Gasteiger partial charge in [-0.15, -0.1) is 0 Å². The maximum Gasteiger partial charge on any atom is -0.0105 e. The molecule has 0 radical (unpaired) electrons. The molecule has 0 amide bonds. The Balaban J connectivity index is 1.88. The lowest BCUT2D eigenvalue weighted by molar-refractivity contribution is 0.780. The van der Waals surface area contributed by atoms with E-state index in [0.717, 1.165) is 11.2 Å². The number of allylic oxidation sites excluding steroid dienone is 1. The Bertz CT molecular complexity index is 229. The SMILES string of the molecule is C=C1CCS(C)(CCC2CC2)C(C)C1. The molecule has 2 atom stereocenters. The van der Waals surface area contributed by atoms with Crippen molar-refractivity contribution in [2.75, 3.05) is 17.8 Å². The molecule has 0 spiro atoms. The average molecular weight is 212 g/mol. The zero-order valence-electron chi connectivity index (χ0n) is 9.72. The maximum atomic E-state index is 4.15. The zero-order chi connectivity index (χ0) is 10.2. The Morgan fingerprint density at radius 3 is 2.71 bits per heavy atom. The summed E-state index contributed by atoms with van der Waals surface area (Å²) in [4.78, 5) is 0. The Labute approximate surface area is 90.5 Å². The summed E-state index contributed by atoms with van der Waals surface area (Å²) in [6.45, 7) is 6.62. The van der Waals surface area contributed by atoms with Crippen LogP contribution in [0.1, 0.15) is 39.0 Å². The Morgan fingerprint density at radius 2 is 2.14 bits per heavy atom. The van der Waals surface area contributed by atoms with Crippen LogP contribution in [0.4, 0.5) is 0 Å². The smallest absolute Gasteiger partial charge is 0.0105 e. The van der Waals surface area contributed by atoms with Gasteiger partial charge in [-0.1, -0.05) is 31.9 Å². The van der Waals surface area contributed by atoms with Gasteiger partial charge in [0, 0.05) is 0 Å². The molecular weight excluding hydrogens is 188 g/mol. The molecule has 2 aliphatic rings. The average Bonchev–Trinajstić information content (AvgIpc) is 2.93. The van der Waals surface area contributed by atoms with Crippen molar-refractivity contribution in [1.29, 1.82) is 0 Å². The monoisotopic (exact) mass is 212 g/mol. The van der Waals surface area contributed by atoms with E-state index >= 15 is 0 Å². The van der Waals surface area contributed by atoms with Gasteiger partial charge in [0.15, 0.2) is 0 Å². The fraction of sp³-hybridized carbons (Fsp3) is 0.846. The molecule has 0 aromatic heterocycles. The minimum Gasteiger partial charge on any atom is -0.241 e. The van der Waals surface area contributed by atoms with Gasteiger partial charge in [0.2, 0.25) is 0 Å². The quantitative estimate of drug-likeness (QED) is 0.621. The van der Waals surface area contributed by atoms with Crippen molar-refractivity contribution in [3.05, 3.63) is 12.2 Å². The van der Waals surface area contributed by atoms with Gasteiger partial charge in [0.05, 0.1) is 0 Å². The van der Waals surface area contributed by atoms with Crippen LogP contribution in [0.25, 0.3) is 0 Å². The minimum atomic E-state index is -0.268. The lowest BCUT2D eigenvalue weighted by Crippen LogP contribution is -2.25. The van der Waals surface area contributed by atoms with Crippen LogP contribution in [0.2, 0.25) is 0 Å². The molecule has 1 saturated carbocycles. The number of hydrogen-bond acceptors (Lipinski definition) is 0. The molecule has 1 saturated heterocycles. The lowest BCUT2D eigenvalue weighted by Gasteiger charge is -2.46. The van der Waals surface area contributed by atoms with Gasteiger partial charge < -0.3 is 0 Å². The molecule has 2 rings (SSSR count). The molecule has 0 bridgehead atoms. The predicted molar refractivity (Wildman–Crippen MR) is 68.4 cm³/mol. The standard InChI is InChI=1S/C13H24S/c1-11-6-8-14(3,12(2)10-11)9-7-13-4-5-13/h12-13H,1,4-10H2,2-3H3. The van der Waals surface area contributed by atoms with E-state index in [2.05, 4.69) is 19.8 Å². The van der Waals surface area contributed by atoms with E-state index in [9.17, 15) is 0 Å². The second kappa shape index (κ2) is 3.92. The topological polar surface area (TPSA) is 0 Å². The van der Waals surface area contributed by atoms with E-state index in [0.29, 0.717) is 0 Å². The van der Waals surface area contributed by atoms with Gasteiger partial charge in [0.25, 0.3) is 0 Å². The molecular formula is C13H24S. The first-order chi connectivity index (χ1) is 6.60. The second-order valence-electron chi connectivity index (χ2n) is 5.51. The van der Waals surface area contributed by atoms with Gasteiger partial charge in [-0.05, 0) is 48.2 Å². The van der Waals surface area contributed by atoms with Crippen molar-refractivity contribution in [1.82, 2.24) is 0 Å². The van der Waals surface area contributed by atoms with Crippen LogP contribution in [0.3, 0.4) is 0 Å². The van der Waals surface area contributed by atoms with Crippen LogP contribution >= 0.6 is 10.0 Å². The van der Waals surface area contributed by atoms with Crippen LogP contribution in [0.15, 0.2) is 12.2 Å². The minimum absolute atomic E-state index is 0.268. The molecule has 2 unspecified atom stereocenters. The van der Waals surface area contributed by atoms with E-state index in [1.807, 2.05) is 0 Å². The molecule has 82 valence electrons. The van der Waals surface area contributed by atoms with Gasteiger partial charge in [-0.25, -0.2) is 10.0 Å². The first kappa shape index (κ1) is 10.6. The third-order valence-electron chi connectivity index (χ3n) is 4.16. The molecule has 1 heteroatoms. The fourth-order valence-corrected chi connectivity index (χ4v) is 5.71. The van der Waals surface area contributed by atoms with Crippen molar-refractivity contribution in [3.8, 4) is 0 Å². The number of hydrogen-bond donors (Lipinski definition) is 0. The summed E-state index contributed by atoms with van der Waals surface area (Å²) in [6, 6.07) is 0. The molecule has 0 aromatic carbocycles. The van der Waals surface area contributed by atoms with Crippen LogP contribution in [0.5, 0.6) is 0 Å². The molecule has 0 aromatic rings. The Morgan fingerprint density at radius 1 is 1.43 bits per heavy atom. The molecule has 1 aliphatic heterocycles. The van der Waals surface area contributed by atoms with Crippen molar-refractivity contribution < 1.29 is 0 Å². The van der Waals surface area contributed by atoms with Crippen LogP contribution in [-0.2, 0) is 0 Å². The molecule has 1 aliphatic carbocycles. The first-order valence-electron chi connectivity index (χ1n) is 5.99. The van der Waals surface area contributed by atoms with Crippen molar-refractivity contribution in [2.24, 2.45) is 5.92 Å². The largest absolute Gasteiger partial charge is 0.241 e. The summed E-state index contributed by atoms with van der Waals surface area (Å²) in [6.07, 6.45) is 9.81. The zero-order valence-corrected chi connectivity index (χ0v) is 10.5. The summed E-state index contributed by atoms with van der Waals surface area (Å²) >= 11 is 0. The van der Waals surface area contributed by atoms with E-state index < -0.39 is 0 Å². The van der Waals surface area contributed by atoms with Gasteiger partial charge in [-0.2, -0.15) is 0 Å². The summed E-state index contributed by atoms with van der Waals surface area (Å²) in [5, 5.41) is 0.947. The molecule has 2 fully saturated rings. The van der Waals surface area contributed by atoms with Gasteiger partial charge >= 0.3 is 0 Å². The fourth-order valence-electron chi connectivity index (χ4n) is 2.43. The summed E-state index contributed by atoms with van der Waals surface area (Å²) < 4.78 is 0. The normalized spacial score (nSPS) is 43.3. The highest BCUT2D eigenvalue weighted by molar-refractivity contribution is 8.33. The summed E-state index contributed by atoms with van der Waals surface area (Å²) in [7, 11) is -0.268. The van der Waals surface area contributed by atoms with Crippen molar-refractivity contribution in [3.63, 3.8) is 0 Å². The molecule has 0 nitrogen and oxygen atoms in total. The molecule has 14 heavy (non-hydrogen) atoms. The van der Waals surface area contributed by atoms with Crippen LogP contribution in [-0.4, -0.2) is 23.0 Å². The maximum absolute atomic E-state index is 4.15. The van der Waals surface area contributed by atoms with E-state index in [1.165, 1.54) is 43.4 Å². The van der Waals surface area contributed by atoms with Gasteiger partial charge in [-0.3, -0.25) is 0 Å². The summed E-state index contributed by atoms with van der Waals surface area (Å²) in [5.41, 5.74) is 1.51. The third kappa shape index (κ3) is 2.36. The molecule has 0 N–H and O–H groups in total. The van der Waals surface area contributed by atoms with Crippen molar-refractivity contribution in [2.45, 2.75) is 44.3 Å². The summed E-state index contributed by atoms with van der Waals surface area (Å²) in [5.74, 6) is 4.14. The van der Waals surface area contributed by atoms with E-state index in [4.69, 9.17) is 0 Å². The number of rotatable bonds is 3. The highest BCUT2D eigenvalue weighted by Crippen LogP contribution is 2.56. The van der Waals surface area contributed by atoms with Gasteiger partial charge in [0.1, 0.15) is 0 Å². The van der Waals surface area contributed by atoms with Crippen LogP contribution in [0, 0.1) is 5.92 Å². The predicted octanol–water partition coefficient (Wildman–Crippen LogP) is 3.96. The highest BCUT2D eigenvalue weighted by Gasteiger charge is 2.32. The highest BCUT2D eigenvalue weighted by atomic mass is 32.3.